The van der Waals surface area contributed by atoms with Crippen molar-refractivity contribution in [2.75, 3.05) is 0 Å². The molecule has 0 bridgehead atoms. The zero-order chi connectivity index (χ0) is 76.5. The predicted molar refractivity (Wildman–Crippen MR) is 177 cm³/mol. The Morgan fingerprint density at radius 3 is 0.473 bits per heavy atom. The molecule has 1 aromatic rings. The summed E-state index contributed by atoms with van der Waals surface area (Å²) in [6.45, 7) is 0. The van der Waals surface area contributed by atoms with Gasteiger partial charge in [-0.2, -0.15) is 249 Å². The van der Waals surface area contributed by atoms with Gasteiger partial charge >= 0.3 is 171 Å². The normalized spacial score (nSPS) is 16.8. The van der Waals surface area contributed by atoms with Gasteiger partial charge in [0.05, 0.1) is 0 Å². The van der Waals surface area contributed by atoms with E-state index in [0.717, 1.165) is 0 Å². The van der Waals surface area contributed by atoms with Gasteiger partial charge < -0.3 is 12.5 Å². The Morgan fingerprint density at radius 2 is 0.323 bits per heavy atom. The van der Waals surface area contributed by atoms with E-state index in [2.05, 4.69) is 12.5 Å². The van der Waals surface area contributed by atoms with Crippen molar-refractivity contribution in [3.05, 3.63) is 18.2 Å². The van der Waals surface area contributed by atoms with E-state index >= 15 is 8.78 Å². The van der Waals surface area contributed by atoms with Crippen LogP contribution in [-0.4, -0.2) is 166 Å². The monoisotopic (exact) mass is 1570 g/mol. The van der Waals surface area contributed by atoms with Crippen molar-refractivity contribution in [1.29, 1.82) is 0 Å². The fourth-order valence-corrected chi connectivity index (χ4v) is 7.89. The largest absolute Gasteiger partial charge is 0.460 e. The zero-order valence-electron chi connectivity index (χ0n) is 39.4. The topological polar surface area (TPSA) is 130 Å². The van der Waals surface area contributed by atoms with Crippen LogP contribution in [0.3, 0.4) is 0 Å². The molecule has 0 aliphatic carbocycles. The standard InChI is InChI=1S/C30H3F51O9S3/c31-7(32,13(43,44)19(55,56)25(67,68)69)10(37,38)16(49,50)22(61,62)28(76,77)91(82,83)88-4-2-1-3-5(89-92(84,85)29(78,79)23(63,64)17(51,52)11(39,40)8(33,34)14(45,46)20(57,58)26(70,71)72)6(4)90-93(86,87)30(80,81)24(65,66)18(53,54)12(41,42)9(35,36)15(47,48)21(59,60)27(73,74)75/h1-3H. The first-order chi connectivity index (χ1) is 39.3. The van der Waals surface area contributed by atoms with Gasteiger partial charge in [-0.05, 0) is 12.1 Å². The van der Waals surface area contributed by atoms with Crippen molar-refractivity contribution >= 4 is 30.4 Å². The number of hydrogen-bond donors (Lipinski definition) is 0. The molecule has 0 aromatic heterocycles. The van der Waals surface area contributed by atoms with E-state index in [9.17, 15) is 240 Å². The van der Waals surface area contributed by atoms with E-state index < -0.39 is 207 Å². The molecule has 9 nitrogen and oxygen atoms in total. The molecule has 0 radical (unpaired) electrons. The lowest BCUT2D eigenvalue weighted by Crippen LogP contribution is -2.75. The highest BCUT2D eigenvalue weighted by molar-refractivity contribution is 7.89. The molecule has 1 aromatic carbocycles. The third-order valence-corrected chi connectivity index (χ3v) is 14.4. The average molecular weight is 1570 g/mol. The summed E-state index contributed by atoms with van der Waals surface area (Å²) in [5, 5.41) is -28.9. The Bertz CT molecular complexity index is 3150. The second-order valence-corrected chi connectivity index (χ2v) is 21.3. The number of hydrogen-bond acceptors (Lipinski definition) is 9. The summed E-state index contributed by atoms with van der Waals surface area (Å²) in [5.41, 5.74) is 0. The highest BCUT2D eigenvalue weighted by Gasteiger charge is 3.00. The molecular formula is C30H3F51O9S3. The molecule has 0 aliphatic heterocycles. The van der Waals surface area contributed by atoms with Crippen LogP contribution in [0.25, 0.3) is 0 Å². The van der Waals surface area contributed by atoms with Crippen LogP contribution in [0.5, 0.6) is 17.2 Å². The molecule has 0 atom stereocenters. The third-order valence-electron chi connectivity index (χ3n) is 10.6. The Morgan fingerprint density at radius 1 is 0.194 bits per heavy atom. The third kappa shape index (κ3) is 10.9. The van der Waals surface area contributed by atoms with Crippen molar-refractivity contribution in [2.24, 2.45) is 0 Å². The van der Waals surface area contributed by atoms with Crippen molar-refractivity contribution in [3.8, 4) is 17.2 Å². The van der Waals surface area contributed by atoms with Crippen LogP contribution >= 0.6 is 0 Å². The lowest BCUT2D eigenvalue weighted by Gasteiger charge is -2.42. The molecule has 93 heavy (non-hydrogen) atoms. The Balaban J connectivity index is 4.85. The van der Waals surface area contributed by atoms with Crippen molar-refractivity contribution in [3.63, 3.8) is 0 Å². The van der Waals surface area contributed by atoms with Crippen LogP contribution in [0.1, 0.15) is 0 Å². The van der Waals surface area contributed by atoms with Gasteiger partial charge in [-0.15, -0.1) is 0 Å². The predicted octanol–water partition coefficient (Wildman–Crippen LogP) is 15.7. The van der Waals surface area contributed by atoms with E-state index in [1.165, 1.54) is 0 Å². The second kappa shape index (κ2) is 21.7. The summed E-state index contributed by atoms with van der Waals surface area (Å²) < 4.78 is 785. The zero-order valence-corrected chi connectivity index (χ0v) is 41.9. The minimum atomic E-state index is -10.3. The molecule has 0 saturated carbocycles. The first-order valence-electron chi connectivity index (χ1n) is 19.4. The maximum absolute atomic E-state index is 15.0. The lowest BCUT2D eigenvalue weighted by atomic mass is 9.91. The van der Waals surface area contributed by atoms with E-state index in [-0.39, 0.29) is 0 Å². The van der Waals surface area contributed by atoms with Gasteiger partial charge in [0.25, 0.3) is 0 Å². The van der Waals surface area contributed by atoms with Crippen LogP contribution in [-0.2, 0) is 30.4 Å². The highest BCUT2D eigenvalue weighted by atomic mass is 32.2. The summed E-state index contributed by atoms with van der Waals surface area (Å²) in [6.07, 6.45) is -25.8. The van der Waals surface area contributed by atoms with Crippen LogP contribution < -0.4 is 12.5 Å². The maximum Gasteiger partial charge on any atom is 0.460 e. The molecule has 0 amide bonds. The van der Waals surface area contributed by atoms with Gasteiger partial charge in [-0.3, -0.25) is 0 Å². The quantitative estimate of drug-likeness (QED) is 0.0624. The molecule has 0 unspecified atom stereocenters. The minimum Gasteiger partial charge on any atom is -0.374 e. The number of benzene rings is 1. The minimum absolute atomic E-state index is 1.51. The molecule has 0 heterocycles. The lowest BCUT2D eigenvalue weighted by molar-refractivity contribution is -0.458. The SMILES string of the molecule is O=S(=O)(Oc1cccc(OS(=O)(=O)C(F)(F)C(F)(F)C(F)(F)C(F)(F)C(F)(F)C(F)(F)C(F)(F)C(F)(F)F)c1OS(=O)(=O)C(F)(F)C(F)(F)C(F)(F)C(F)(F)C(F)(F)C(F)(F)C(F)(F)C(F)(F)F)C(F)(F)C(F)(F)C(F)(F)C(F)(F)C(F)(F)C(F)(F)C(F)(F)C(F)(F)F. The van der Waals surface area contributed by atoms with E-state index in [1.807, 2.05) is 0 Å². The maximum atomic E-state index is 15.0. The summed E-state index contributed by atoms with van der Waals surface area (Å²) in [4.78, 5) is 0. The molecule has 0 fully saturated rings. The first kappa shape index (κ1) is 85.9. The van der Waals surface area contributed by atoms with Gasteiger partial charge in [0.2, 0.25) is 5.75 Å². The smallest absolute Gasteiger partial charge is 0.374 e. The highest BCUT2D eigenvalue weighted by Crippen LogP contribution is 2.69. The number of halogens is 51. The molecule has 0 spiro atoms. The van der Waals surface area contributed by atoms with E-state index in [1.54, 1.807) is 0 Å². The van der Waals surface area contributed by atoms with Gasteiger partial charge in [-0.25, -0.2) is 0 Å². The van der Waals surface area contributed by atoms with E-state index in [4.69, 9.17) is 0 Å². The number of rotatable bonds is 27. The number of para-hydroxylation sites is 1. The molecule has 552 valence electrons. The molecular weight excluding hydrogens is 1570 g/mol. The summed E-state index contributed by atoms with van der Waals surface area (Å²) in [5.74, 6) is -191. The van der Waals surface area contributed by atoms with Crippen molar-refractivity contribution < 1.29 is 262 Å². The molecule has 0 saturated heterocycles. The van der Waals surface area contributed by atoms with Crippen molar-refractivity contribution in [1.82, 2.24) is 0 Å². The Hall–Kier alpha value is -5.10. The van der Waals surface area contributed by atoms with Gasteiger partial charge in [-0.1, -0.05) is 6.07 Å². The van der Waals surface area contributed by atoms with Crippen LogP contribution in [0, 0.1) is 0 Å². The Kier molecular flexibility index (Phi) is 20.0. The molecule has 63 heteroatoms. The number of alkyl halides is 51. The summed E-state index contributed by atoms with van der Waals surface area (Å²) >= 11 is 0. The van der Waals surface area contributed by atoms with E-state index in [0.29, 0.717) is 0 Å². The fourth-order valence-electron chi connectivity index (χ4n) is 5.13. The Labute approximate surface area is 468 Å². The van der Waals surface area contributed by atoms with Gasteiger partial charge in [0, 0.05) is 0 Å². The van der Waals surface area contributed by atoms with Gasteiger partial charge in [0.15, 0.2) is 11.5 Å². The van der Waals surface area contributed by atoms with Crippen LogP contribution in [0.2, 0.25) is 0 Å². The van der Waals surface area contributed by atoms with Gasteiger partial charge in [0.1, 0.15) is 0 Å². The summed E-state index contributed by atoms with van der Waals surface area (Å²) in [6, 6.07) is -5.29. The van der Waals surface area contributed by atoms with Crippen LogP contribution in [0.4, 0.5) is 224 Å². The fraction of sp³-hybridized carbons (Fsp3) is 0.800. The van der Waals surface area contributed by atoms with Crippen LogP contribution in [0.15, 0.2) is 18.2 Å². The molecule has 0 aliphatic rings. The molecule has 0 N–H and O–H groups in total. The second-order valence-electron chi connectivity index (χ2n) is 16.6. The molecule has 1 rings (SSSR count). The summed E-state index contributed by atoms with van der Waals surface area (Å²) in [7, 11) is -30.5. The average Bonchev–Trinajstić information content (AvgIpc) is 0.702. The first-order valence-corrected chi connectivity index (χ1v) is 23.6. The van der Waals surface area contributed by atoms with Crippen molar-refractivity contribution in [2.45, 2.75) is 141 Å².